The van der Waals surface area contributed by atoms with Crippen LogP contribution in [0.15, 0.2) is 35.9 Å². The molecule has 0 unspecified atom stereocenters. The molecule has 0 aromatic rings. The summed E-state index contributed by atoms with van der Waals surface area (Å²) in [6.07, 6.45) is 7.21. The van der Waals surface area contributed by atoms with Gasteiger partial charge in [-0.15, -0.1) is 12.4 Å². The maximum absolute atomic E-state index is 9.02. The molecule has 56 valence electrons. The van der Waals surface area contributed by atoms with Gasteiger partial charge in [0, 0.05) is 11.8 Å². The molecule has 1 aliphatic heterocycles. The quantitative estimate of drug-likeness (QED) is 0.566. The van der Waals surface area contributed by atoms with Crippen molar-refractivity contribution in [2.45, 2.75) is 6.92 Å². The third-order valence-corrected chi connectivity index (χ3v) is 1.15. The SMILES string of the molecule is CC1=C(O)NC=CC=C1.Cl. The largest absolute Gasteiger partial charge is 0.494 e. The third-order valence-electron chi connectivity index (χ3n) is 1.15. The first kappa shape index (κ1) is 9.11. The molecule has 0 amide bonds. The van der Waals surface area contributed by atoms with Crippen molar-refractivity contribution in [2.24, 2.45) is 0 Å². The van der Waals surface area contributed by atoms with Crippen LogP contribution in [0.25, 0.3) is 0 Å². The number of allylic oxidation sites excluding steroid dienone is 4. The van der Waals surface area contributed by atoms with Crippen LogP contribution >= 0.6 is 12.4 Å². The Morgan fingerprint density at radius 1 is 1.40 bits per heavy atom. The summed E-state index contributed by atoms with van der Waals surface area (Å²) < 4.78 is 0. The van der Waals surface area contributed by atoms with Gasteiger partial charge in [-0.1, -0.05) is 12.2 Å². The van der Waals surface area contributed by atoms with Gasteiger partial charge >= 0.3 is 0 Å². The minimum atomic E-state index is 0. The van der Waals surface area contributed by atoms with Crippen molar-refractivity contribution < 1.29 is 5.11 Å². The van der Waals surface area contributed by atoms with Crippen LogP contribution in [0, 0.1) is 0 Å². The summed E-state index contributed by atoms with van der Waals surface area (Å²) in [7, 11) is 0. The topological polar surface area (TPSA) is 32.3 Å². The van der Waals surface area contributed by atoms with E-state index < -0.39 is 0 Å². The van der Waals surface area contributed by atoms with Crippen molar-refractivity contribution in [1.29, 1.82) is 0 Å². The van der Waals surface area contributed by atoms with Gasteiger partial charge in [-0.3, -0.25) is 0 Å². The number of nitrogens with one attached hydrogen (secondary N) is 1. The fraction of sp³-hybridized carbons (Fsp3) is 0.143. The molecule has 0 saturated carbocycles. The lowest BCUT2D eigenvalue weighted by Gasteiger charge is -1.97. The maximum atomic E-state index is 9.02. The van der Waals surface area contributed by atoms with E-state index in [1.807, 2.05) is 25.2 Å². The number of aliphatic hydroxyl groups is 1. The van der Waals surface area contributed by atoms with E-state index in [2.05, 4.69) is 5.32 Å². The Hall–Kier alpha value is -0.890. The Bertz CT molecular complexity index is 194. The van der Waals surface area contributed by atoms with Gasteiger partial charge in [-0.25, -0.2) is 0 Å². The van der Waals surface area contributed by atoms with Crippen LogP contribution < -0.4 is 5.32 Å². The Balaban J connectivity index is 0.000000810. The fourth-order valence-electron chi connectivity index (χ4n) is 0.575. The molecule has 2 nitrogen and oxygen atoms in total. The highest BCUT2D eigenvalue weighted by molar-refractivity contribution is 5.85. The number of halogens is 1. The molecule has 0 fully saturated rings. The summed E-state index contributed by atoms with van der Waals surface area (Å²) in [6, 6.07) is 0. The maximum Gasteiger partial charge on any atom is 0.191 e. The Morgan fingerprint density at radius 2 is 2.10 bits per heavy atom. The molecule has 1 heterocycles. The van der Waals surface area contributed by atoms with Crippen LogP contribution in [-0.4, -0.2) is 5.11 Å². The molecule has 0 aromatic carbocycles. The second kappa shape index (κ2) is 4.01. The fourth-order valence-corrected chi connectivity index (χ4v) is 0.575. The molecule has 0 aromatic heterocycles. The number of hydrogen-bond donors (Lipinski definition) is 2. The van der Waals surface area contributed by atoms with Crippen molar-refractivity contribution in [3.8, 4) is 0 Å². The summed E-state index contributed by atoms with van der Waals surface area (Å²) in [5.41, 5.74) is 0.847. The van der Waals surface area contributed by atoms with Crippen LogP contribution in [0.1, 0.15) is 6.92 Å². The summed E-state index contributed by atoms with van der Waals surface area (Å²) >= 11 is 0. The van der Waals surface area contributed by atoms with Crippen molar-refractivity contribution in [3.63, 3.8) is 0 Å². The zero-order valence-corrected chi connectivity index (χ0v) is 6.48. The number of aliphatic hydroxyl groups excluding tert-OH is 1. The van der Waals surface area contributed by atoms with Gasteiger partial charge < -0.3 is 10.4 Å². The molecule has 10 heavy (non-hydrogen) atoms. The van der Waals surface area contributed by atoms with E-state index in [9.17, 15) is 0 Å². The predicted molar refractivity (Wildman–Crippen MR) is 44.0 cm³/mol. The molecule has 0 atom stereocenters. The monoisotopic (exact) mass is 159 g/mol. The molecule has 3 heteroatoms. The summed E-state index contributed by atoms with van der Waals surface area (Å²) in [5.74, 6) is 0.222. The Labute approximate surface area is 66.4 Å². The van der Waals surface area contributed by atoms with E-state index in [0.717, 1.165) is 5.57 Å². The van der Waals surface area contributed by atoms with Gasteiger partial charge in [0.05, 0.1) is 0 Å². The van der Waals surface area contributed by atoms with E-state index in [4.69, 9.17) is 5.11 Å². The van der Waals surface area contributed by atoms with Crippen LogP contribution in [0.3, 0.4) is 0 Å². The first-order chi connectivity index (χ1) is 4.30. The lowest BCUT2D eigenvalue weighted by Crippen LogP contribution is -2.03. The van der Waals surface area contributed by atoms with Crippen molar-refractivity contribution in [2.75, 3.05) is 0 Å². The lowest BCUT2D eigenvalue weighted by molar-refractivity contribution is 0.378. The number of hydrogen-bond acceptors (Lipinski definition) is 2. The van der Waals surface area contributed by atoms with Crippen LogP contribution in [-0.2, 0) is 0 Å². The van der Waals surface area contributed by atoms with E-state index in [0.29, 0.717) is 0 Å². The van der Waals surface area contributed by atoms with E-state index in [1.165, 1.54) is 0 Å². The zero-order valence-electron chi connectivity index (χ0n) is 5.66. The summed E-state index contributed by atoms with van der Waals surface area (Å²) in [6.45, 7) is 1.84. The van der Waals surface area contributed by atoms with E-state index in [1.54, 1.807) is 6.20 Å². The highest BCUT2D eigenvalue weighted by Gasteiger charge is 1.93. The van der Waals surface area contributed by atoms with Crippen LogP contribution in [0.5, 0.6) is 0 Å². The third kappa shape index (κ3) is 2.15. The van der Waals surface area contributed by atoms with Crippen molar-refractivity contribution in [1.82, 2.24) is 5.32 Å². The molecule has 1 rings (SSSR count). The average Bonchev–Trinajstić information content (AvgIpc) is 1.99. The van der Waals surface area contributed by atoms with Gasteiger partial charge in [0.25, 0.3) is 0 Å². The first-order valence-corrected chi connectivity index (χ1v) is 2.80. The normalized spacial score (nSPS) is 15.7. The van der Waals surface area contributed by atoms with E-state index in [-0.39, 0.29) is 18.3 Å². The molecule has 0 radical (unpaired) electrons. The van der Waals surface area contributed by atoms with Gasteiger partial charge in [-0.05, 0) is 13.0 Å². The molecule has 1 aliphatic rings. The lowest BCUT2D eigenvalue weighted by atomic mass is 10.3. The first-order valence-electron chi connectivity index (χ1n) is 2.80. The Kier molecular flexibility index (Phi) is 3.65. The van der Waals surface area contributed by atoms with Gasteiger partial charge in [0.15, 0.2) is 5.88 Å². The minimum absolute atomic E-state index is 0. The van der Waals surface area contributed by atoms with Gasteiger partial charge in [-0.2, -0.15) is 0 Å². The average molecular weight is 160 g/mol. The smallest absolute Gasteiger partial charge is 0.191 e. The second-order valence-corrected chi connectivity index (χ2v) is 1.89. The molecule has 2 N–H and O–H groups in total. The van der Waals surface area contributed by atoms with Gasteiger partial charge in [0.1, 0.15) is 0 Å². The summed E-state index contributed by atoms with van der Waals surface area (Å²) in [5, 5.41) is 11.7. The highest BCUT2D eigenvalue weighted by Crippen LogP contribution is 2.01. The Morgan fingerprint density at radius 3 is 2.80 bits per heavy atom. The highest BCUT2D eigenvalue weighted by atomic mass is 35.5. The number of rotatable bonds is 0. The summed E-state index contributed by atoms with van der Waals surface area (Å²) in [4.78, 5) is 0. The van der Waals surface area contributed by atoms with Crippen molar-refractivity contribution in [3.05, 3.63) is 35.9 Å². The van der Waals surface area contributed by atoms with Crippen LogP contribution in [0.2, 0.25) is 0 Å². The predicted octanol–water partition coefficient (Wildman–Crippen LogP) is 1.87. The van der Waals surface area contributed by atoms with Gasteiger partial charge in [0.2, 0.25) is 0 Å². The van der Waals surface area contributed by atoms with Crippen LogP contribution in [0.4, 0.5) is 0 Å². The molecule has 0 bridgehead atoms. The van der Waals surface area contributed by atoms with Crippen molar-refractivity contribution >= 4 is 12.4 Å². The minimum Gasteiger partial charge on any atom is -0.494 e. The molecular formula is C7H10ClNO. The molecular weight excluding hydrogens is 150 g/mol. The molecule has 0 aliphatic carbocycles. The second-order valence-electron chi connectivity index (χ2n) is 1.89. The molecule has 0 saturated heterocycles. The van der Waals surface area contributed by atoms with E-state index >= 15 is 0 Å². The standard InChI is InChI=1S/C7H9NO.ClH/c1-6-4-2-3-5-8-7(6)9;/h2-5,8-9H,1H3;1H. The zero-order chi connectivity index (χ0) is 6.69. The molecule has 0 spiro atoms.